The molecule has 0 fully saturated rings. The van der Waals surface area contributed by atoms with Crippen molar-refractivity contribution < 1.29 is 4.74 Å². The Balaban J connectivity index is 2.14. The smallest absolute Gasteiger partial charge is 0.163 e. The summed E-state index contributed by atoms with van der Waals surface area (Å²) in [5, 5.41) is 19.1. The van der Waals surface area contributed by atoms with Gasteiger partial charge in [-0.15, -0.1) is 5.10 Å². The van der Waals surface area contributed by atoms with E-state index in [9.17, 15) is 0 Å². The molecule has 2 aromatic rings. The summed E-state index contributed by atoms with van der Waals surface area (Å²) in [5.41, 5.74) is 1.74. The Kier molecular flexibility index (Phi) is 4.14. The van der Waals surface area contributed by atoms with Gasteiger partial charge >= 0.3 is 0 Å². The largest absolute Gasteiger partial charge is 0.494 e. The molecule has 0 saturated heterocycles. The summed E-state index contributed by atoms with van der Waals surface area (Å²) < 4.78 is 5.69. The maximum Gasteiger partial charge on any atom is 0.163 e. The molecule has 0 atom stereocenters. The van der Waals surface area contributed by atoms with E-state index >= 15 is 0 Å². The van der Waals surface area contributed by atoms with Gasteiger partial charge in [0.15, 0.2) is 5.69 Å². The fourth-order valence-corrected chi connectivity index (χ4v) is 1.65. The number of rotatable bonds is 5. The first-order valence-electron chi connectivity index (χ1n) is 6.25. The molecule has 0 aliphatic rings. The van der Waals surface area contributed by atoms with Crippen molar-refractivity contribution in [2.45, 2.75) is 20.3 Å². The quantitative estimate of drug-likeness (QED) is 0.892. The minimum atomic E-state index is 0.360. The molecule has 19 heavy (non-hydrogen) atoms. The van der Waals surface area contributed by atoms with Gasteiger partial charge in [-0.25, -0.2) is 5.10 Å². The zero-order valence-electron chi connectivity index (χ0n) is 11.1. The van der Waals surface area contributed by atoms with Crippen molar-refractivity contribution in [3.8, 4) is 23.1 Å². The molecule has 5 nitrogen and oxygen atoms in total. The van der Waals surface area contributed by atoms with Gasteiger partial charge in [-0.05, 0) is 24.5 Å². The van der Waals surface area contributed by atoms with Crippen LogP contribution in [-0.2, 0) is 0 Å². The summed E-state index contributed by atoms with van der Waals surface area (Å²) >= 11 is 0. The van der Waals surface area contributed by atoms with Crippen molar-refractivity contribution in [1.29, 1.82) is 5.26 Å². The van der Waals surface area contributed by atoms with Gasteiger partial charge in [-0.2, -0.15) is 5.26 Å². The molecule has 1 aromatic carbocycles. The molecule has 1 aromatic heterocycles. The molecule has 0 aliphatic carbocycles. The highest BCUT2D eigenvalue weighted by atomic mass is 16.5. The molecule has 1 N–H and O–H groups in total. The molecular weight excluding hydrogens is 240 g/mol. The van der Waals surface area contributed by atoms with Crippen molar-refractivity contribution in [3.63, 3.8) is 0 Å². The van der Waals surface area contributed by atoms with E-state index in [4.69, 9.17) is 10.00 Å². The fourth-order valence-electron chi connectivity index (χ4n) is 1.65. The van der Waals surface area contributed by atoms with Crippen LogP contribution in [0.5, 0.6) is 5.75 Å². The third kappa shape index (κ3) is 3.32. The normalized spacial score (nSPS) is 10.4. The van der Waals surface area contributed by atoms with Crippen LogP contribution in [0.25, 0.3) is 11.3 Å². The van der Waals surface area contributed by atoms with Gasteiger partial charge in [-0.1, -0.05) is 31.2 Å². The van der Waals surface area contributed by atoms with Gasteiger partial charge in [0.1, 0.15) is 17.5 Å². The third-order valence-electron chi connectivity index (χ3n) is 2.73. The summed E-state index contributed by atoms with van der Waals surface area (Å²) in [5.74, 6) is 1.40. The Bertz CT molecular complexity index is 583. The molecule has 0 saturated carbocycles. The van der Waals surface area contributed by atoms with E-state index in [2.05, 4.69) is 29.3 Å². The molecule has 0 amide bonds. The van der Waals surface area contributed by atoms with Crippen molar-refractivity contribution in [3.05, 3.63) is 30.0 Å². The Morgan fingerprint density at radius 2 is 2.26 bits per heavy atom. The minimum Gasteiger partial charge on any atom is -0.494 e. The lowest BCUT2D eigenvalue weighted by Gasteiger charge is -2.08. The first-order valence-corrected chi connectivity index (χ1v) is 6.25. The minimum absolute atomic E-state index is 0.360. The van der Waals surface area contributed by atoms with E-state index in [1.807, 2.05) is 30.3 Å². The highest BCUT2D eigenvalue weighted by molar-refractivity contribution is 5.65. The van der Waals surface area contributed by atoms with Crippen LogP contribution in [0.2, 0.25) is 0 Å². The van der Waals surface area contributed by atoms with Gasteiger partial charge in [0, 0.05) is 5.56 Å². The standard InChI is InChI=1S/C14H16N4O/c1-10(2)6-7-19-12-5-3-4-11(8-12)14-13(9-15)16-18-17-14/h3-5,8,10H,6-7H2,1-2H3,(H,16,17,18). The number of H-pyrrole nitrogens is 1. The molecule has 0 spiro atoms. The Morgan fingerprint density at radius 1 is 1.42 bits per heavy atom. The first-order chi connectivity index (χ1) is 9.20. The number of hydrogen-bond donors (Lipinski definition) is 1. The van der Waals surface area contributed by atoms with E-state index in [1.54, 1.807) is 0 Å². The molecule has 0 bridgehead atoms. The number of benzene rings is 1. The summed E-state index contributed by atoms with van der Waals surface area (Å²) in [4.78, 5) is 0. The summed E-state index contributed by atoms with van der Waals surface area (Å²) in [6.45, 7) is 5.01. The lowest BCUT2D eigenvalue weighted by molar-refractivity contribution is 0.289. The highest BCUT2D eigenvalue weighted by Gasteiger charge is 2.09. The summed E-state index contributed by atoms with van der Waals surface area (Å²) in [6, 6.07) is 9.57. The molecule has 0 radical (unpaired) electrons. The van der Waals surface area contributed by atoms with E-state index in [-0.39, 0.29) is 0 Å². The zero-order valence-corrected chi connectivity index (χ0v) is 11.1. The first kappa shape index (κ1) is 13.1. The van der Waals surface area contributed by atoms with Gasteiger partial charge in [0.25, 0.3) is 0 Å². The number of nitrogens with zero attached hydrogens (tertiary/aromatic N) is 3. The lowest BCUT2D eigenvalue weighted by Crippen LogP contribution is -2.01. The Morgan fingerprint density at radius 3 is 3.00 bits per heavy atom. The van der Waals surface area contributed by atoms with Crippen LogP contribution in [0.4, 0.5) is 0 Å². The summed E-state index contributed by atoms with van der Waals surface area (Å²) in [6.07, 6.45) is 1.01. The molecular formula is C14H16N4O. The van der Waals surface area contributed by atoms with Crippen LogP contribution < -0.4 is 4.74 Å². The number of aromatic nitrogens is 3. The number of ether oxygens (including phenoxy) is 1. The maximum absolute atomic E-state index is 8.95. The van der Waals surface area contributed by atoms with Gasteiger partial charge in [-0.3, -0.25) is 0 Å². The summed E-state index contributed by atoms with van der Waals surface area (Å²) in [7, 11) is 0. The van der Waals surface area contributed by atoms with Crippen molar-refractivity contribution in [2.75, 3.05) is 6.61 Å². The molecule has 1 heterocycles. The van der Waals surface area contributed by atoms with Crippen LogP contribution in [0.15, 0.2) is 24.3 Å². The molecule has 2 rings (SSSR count). The number of nitriles is 1. The number of hydrogen-bond acceptors (Lipinski definition) is 4. The average molecular weight is 256 g/mol. The molecule has 0 unspecified atom stereocenters. The average Bonchev–Trinajstić information content (AvgIpc) is 2.87. The van der Waals surface area contributed by atoms with E-state index in [1.165, 1.54) is 0 Å². The maximum atomic E-state index is 8.95. The monoisotopic (exact) mass is 256 g/mol. The SMILES string of the molecule is CC(C)CCOc1cccc(-c2nn[nH]c2C#N)c1. The van der Waals surface area contributed by atoms with Gasteiger partial charge in [0.2, 0.25) is 0 Å². The fraction of sp³-hybridized carbons (Fsp3) is 0.357. The van der Waals surface area contributed by atoms with Crippen LogP contribution in [-0.4, -0.2) is 22.0 Å². The number of aromatic amines is 1. The highest BCUT2D eigenvalue weighted by Crippen LogP contribution is 2.23. The van der Waals surface area contributed by atoms with Crippen LogP contribution in [0.1, 0.15) is 26.0 Å². The Labute approximate surface area is 112 Å². The Hall–Kier alpha value is -2.35. The predicted octanol–water partition coefficient (Wildman–Crippen LogP) is 2.77. The lowest BCUT2D eigenvalue weighted by atomic mass is 10.1. The molecule has 98 valence electrons. The van der Waals surface area contributed by atoms with Crippen molar-refractivity contribution >= 4 is 0 Å². The zero-order chi connectivity index (χ0) is 13.7. The van der Waals surface area contributed by atoms with E-state index in [0.29, 0.717) is 23.9 Å². The second-order valence-corrected chi connectivity index (χ2v) is 4.71. The van der Waals surface area contributed by atoms with Crippen LogP contribution in [0.3, 0.4) is 0 Å². The van der Waals surface area contributed by atoms with Crippen molar-refractivity contribution in [2.24, 2.45) is 5.92 Å². The van der Waals surface area contributed by atoms with Gasteiger partial charge in [0.05, 0.1) is 6.61 Å². The van der Waals surface area contributed by atoms with Crippen LogP contribution >= 0.6 is 0 Å². The van der Waals surface area contributed by atoms with Crippen molar-refractivity contribution in [1.82, 2.24) is 15.4 Å². The third-order valence-corrected chi connectivity index (χ3v) is 2.73. The predicted molar refractivity (Wildman–Crippen MR) is 71.5 cm³/mol. The number of nitrogens with one attached hydrogen (secondary N) is 1. The second-order valence-electron chi connectivity index (χ2n) is 4.71. The topological polar surface area (TPSA) is 74.6 Å². The van der Waals surface area contributed by atoms with E-state index < -0.39 is 0 Å². The second kappa shape index (κ2) is 6.01. The van der Waals surface area contributed by atoms with Crippen LogP contribution in [0, 0.1) is 17.2 Å². The van der Waals surface area contributed by atoms with Gasteiger partial charge < -0.3 is 4.74 Å². The van der Waals surface area contributed by atoms with E-state index in [0.717, 1.165) is 17.7 Å². The molecule has 5 heteroatoms. The molecule has 0 aliphatic heterocycles.